The maximum Gasteiger partial charge on any atom is 0.0686 e. The molecule has 1 rings (SSSR count). The predicted octanol–water partition coefficient (Wildman–Crippen LogP) is 0.460. The monoisotopic (exact) mass is 97.1 g/mol. The summed E-state index contributed by atoms with van der Waals surface area (Å²) in [5.41, 5.74) is 2.09. The molecule has 0 atom stereocenters. The van der Waals surface area contributed by atoms with Crippen LogP contribution in [0.3, 0.4) is 0 Å². The molecule has 1 aliphatic rings. The minimum absolute atomic E-state index is 0.0417. The van der Waals surface area contributed by atoms with Crippen LogP contribution in [-0.2, 0) is 0 Å². The van der Waals surface area contributed by atoms with E-state index in [0.29, 0.717) is 0 Å². The number of nitrogens with one attached hydrogen (secondary N) is 1. The second-order valence-electron chi connectivity index (χ2n) is 1.42. The van der Waals surface area contributed by atoms with Gasteiger partial charge in [0.15, 0.2) is 0 Å². The molecule has 0 unspecified atom stereocenters. The van der Waals surface area contributed by atoms with Crippen molar-refractivity contribution in [3.8, 4) is 0 Å². The zero-order valence-electron chi connectivity index (χ0n) is 3.83. The zero-order chi connectivity index (χ0) is 5.11. The number of hydrogen-bond acceptors (Lipinski definition) is 2. The van der Waals surface area contributed by atoms with Gasteiger partial charge in [-0.1, -0.05) is 24.3 Å². The van der Waals surface area contributed by atoms with Crippen molar-refractivity contribution in [2.75, 3.05) is 0 Å². The zero-order valence-corrected chi connectivity index (χ0v) is 3.83. The molecule has 0 fully saturated rings. The lowest BCUT2D eigenvalue weighted by molar-refractivity contribution is 0.159. The van der Waals surface area contributed by atoms with Gasteiger partial charge in [-0.15, -0.1) is 0 Å². The molecule has 0 heterocycles. The van der Waals surface area contributed by atoms with Crippen molar-refractivity contribution in [3.63, 3.8) is 0 Å². The van der Waals surface area contributed by atoms with Crippen LogP contribution in [0, 0.1) is 0 Å². The first kappa shape index (κ1) is 4.56. The highest BCUT2D eigenvalue weighted by Gasteiger charge is 1.96. The number of hydrogen-bond donors (Lipinski definition) is 2. The number of rotatable bonds is 1. The summed E-state index contributed by atoms with van der Waals surface area (Å²) < 4.78 is 0. The lowest BCUT2D eigenvalue weighted by atomic mass is 10.4. The fraction of sp³-hybridized carbons (Fsp3) is 0.200. The molecular formula is C5H7NO. The molecule has 0 aromatic carbocycles. The summed E-state index contributed by atoms with van der Waals surface area (Å²) >= 11 is 0. The molecule has 2 nitrogen and oxygen atoms in total. The molecule has 0 aromatic heterocycles. The molecule has 0 aliphatic heterocycles. The molecule has 7 heavy (non-hydrogen) atoms. The summed E-state index contributed by atoms with van der Waals surface area (Å²) in [4.78, 5) is 0. The SMILES string of the molecule is ONC1C=CC=C1. The summed E-state index contributed by atoms with van der Waals surface area (Å²) in [6.45, 7) is 0. The van der Waals surface area contributed by atoms with E-state index in [2.05, 4.69) is 5.48 Å². The average molecular weight is 97.1 g/mol. The maximum absolute atomic E-state index is 8.21. The predicted molar refractivity (Wildman–Crippen MR) is 27.0 cm³/mol. The van der Waals surface area contributed by atoms with E-state index in [-0.39, 0.29) is 6.04 Å². The Kier molecular flexibility index (Phi) is 1.24. The summed E-state index contributed by atoms with van der Waals surface area (Å²) in [7, 11) is 0. The Morgan fingerprint density at radius 1 is 1.29 bits per heavy atom. The minimum Gasteiger partial charge on any atom is -0.316 e. The fourth-order valence-corrected chi connectivity index (χ4v) is 0.518. The van der Waals surface area contributed by atoms with Crippen molar-refractivity contribution in [3.05, 3.63) is 24.3 Å². The van der Waals surface area contributed by atoms with Gasteiger partial charge in [0.05, 0.1) is 6.04 Å². The first-order chi connectivity index (χ1) is 3.43. The highest BCUT2D eigenvalue weighted by atomic mass is 16.5. The van der Waals surface area contributed by atoms with Gasteiger partial charge >= 0.3 is 0 Å². The van der Waals surface area contributed by atoms with E-state index in [1.54, 1.807) is 0 Å². The number of hydroxylamine groups is 1. The van der Waals surface area contributed by atoms with E-state index in [1.165, 1.54) is 0 Å². The van der Waals surface area contributed by atoms with Crippen molar-refractivity contribution >= 4 is 0 Å². The van der Waals surface area contributed by atoms with Crippen LogP contribution in [-0.4, -0.2) is 11.2 Å². The van der Waals surface area contributed by atoms with Gasteiger partial charge in [0.25, 0.3) is 0 Å². The third kappa shape index (κ3) is 0.885. The average Bonchev–Trinajstić information content (AvgIpc) is 2.14. The Morgan fingerprint density at radius 3 is 2.14 bits per heavy atom. The third-order valence-electron chi connectivity index (χ3n) is 0.897. The van der Waals surface area contributed by atoms with Crippen LogP contribution >= 0.6 is 0 Å². The molecule has 0 amide bonds. The van der Waals surface area contributed by atoms with Crippen molar-refractivity contribution < 1.29 is 5.21 Å². The second-order valence-corrected chi connectivity index (χ2v) is 1.42. The lowest BCUT2D eigenvalue weighted by Gasteiger charge is -1.96. The van der Waals surface area contributed by atoms with E-state index in [9.17, 15) is 0 Å². The van der Waals surface area contributed by atoms with E-state index in [0.717, 1.165) is 0 Å². The van der Waals surface area contributed by atoms with Gasteiger partial charge in [-0.3, -0.25) is 0 Å². The van der Waals surface area contributed by atoms with E-state index < -0.39 is 0 Å². The van der Waals surface area contributed by atoms with Gasteiger partial charge in [-0.25, -0.2) is 0 Å². The van der Waals surface area contributed by atoms with Crippen molar-refractivity contribution in [1.29, 1.82) is 0 Å². The Hall–Kier alpha value is -0.600. The van der Waals surface area contributed by atoms with E-state index >= 15 is 0 Å². The molecule has 0 radical (unpaired) electrons. The summed E-state index contributed by atoms with van der Waals surface area (Å²) in [5, 5.41) is 8.21. The largest absolute Gasteiger partial charge is 0.316 e. The number of allylic oxidation sites excluding steroid dienone is 2. The molecular weight excluding hydrogens is 90.1 g/mol. The fourth-order valence-electron chi connectivity index (χ4n) is 0.518. The topological polar surface area (TPSA) is 32.3 Å². The summed E-state index contributed by atoms with van der Waals surface area (Å²) in [5.74, 6) is 0. The first-order valence-corrected chi connectivity index (χ1v) is 2.18. The van der Waals surface area contributed by atoms with Crippen LogP contribution in [0.4, 0.5) is 0 Å². The molecule has 0 aromatic rings. The summed E-state index contributed by atoms with van der Waals surface area (Å²) in [6.07, 6.45) is 7.49. The Labute approximate surface area is 42.1 Å². The van der Waals surface area contributed by atoms with Gasteiger partial charge in [0, 0.05) is 0 Å². The Bertz CT molecular complexity index is 94.6. The second kappa shape index (κ2) is 1.91. The highest BCUT2D eigenvalue weighted by Crippen LogP contribution is 1.96. The lowest BCUT2D eigenvalue weighted by Crippen LogP contribution is -2.18. The maximum atomic E-state index is 8.21. The van der Waals surface area contributed by atoms with Gasteiger partial charge in [-0.05, 0) is 0 Å². The smallest absolute Gasteiger partial charge is 0.0686 e. The van der Waals surface area contributed by atoms with Crippen LogP contribution in [0.25, 0.3) is 0 Å². The van der Waals surface area contributed by atoms with Gasteiger partial charge in [0.1, 0.15) is 0 Å². The molecule has 0 bridgehead atoms. The normalized spacial score (nSPS) is 19.0. The molecule has 2 N–H and O–H groups in total. The van der Waals surface area contributed by atoms with Gasteiger partial charge in [0.2, 0.25) is 0 Å². The molecule has 2 heteroatoms. The summed E-state index contributed by atoms with van der Waals surface area (Å²) in [6, 6.07) is 0.0417. The van der Waals surface area contributed by atoms with Gasteiger partial charge in [-0.2, -0.15) is 5.48 Å². The molecule has 0 saturated carbocycles. The quantitative estimate of drug-likeness (QED) is 0.466. The Balaban J connectivity index is 2.44. The van der Waals surface area contributed by atoms with E-state index in [1.807, 2.05) is 24.3 Å². The van der Waals surface area contributed by atoms with Crippen LogP contribution < -0.4 is 5.48 Å². The third-order valence-corrected chi connectivity index (χ3v) is 0.897. The Morgan fingerprint density at radius 2 is 1.86 bits per heavy atom. The first-order valence-electron chi connectivity index (χ1n) is 2.18. The minimum atomic E-state index is 0.0417. The van der Waals surface area contributed by atoms with Crippen molar-refractivity contribution in [1.82, 2.24) is 5.48 Å². The van der Waals surface area contributed by atoms with Crippen LogP contribution in [0.2, 0.25) is 0 Å². The van der Waals surface area contributed by atoms with Crippen LogP contribution in [0.15, 0.2) is 24.3 Å². The molecule has 1 aliphatic carbocycles. The highest BCUT2D eigenvalue weighted by molar-refractivity contribution is 5.20. The molecule has 38 valence electrons. The van der Waals surface area contributed by atoms with Crippen LogP contribution in [0.1, 0.15) is 0 Å². The van der Waals surface area contributed by atoms with E-state index in [4.69, 9.17) is 5.21 Å². The standard InChI is InChI=1S/C5H7NO/c7-6-5-3-1-2-4-5/h1-7H. The van der Waals surface area contributed by atoms with Crippen molar-refractivity contribution in [2.24, 2.45) is 0 Å². The molecule has 0 saturated heterocycles. The van der Waals surface area contributed by atoms with Crippen LogP contribution in [0.5, 0.6) is 0 Å². The van der Waals surface area contributed by atoms with Crippen molar-refractivity contribution in [2.45, 2.75) is 6.04 Å². The van der Waals surface area contributed by atoms with Gasteiger partial charge < -0.3 is 5.21 Å². The molecule has 0 spiro atoms.